The predicted molar refractivity (Wildman–Crippen MR) is 69.3 cm³/mol. The second-order valence-electron chi connectivity index (χ2n) is 4.58. The van der Waals surface area contributed by atoms with Gasteiger partial charge in [-0.1, -0.05) is 23.2 Å². The normalized spacial score (nSPS) is 19.6. The molecule has 2 aromatic rings. The highest BCUT2D eigenvalue weighted by Crippen LogP contribution is 2.29. The number of hydrogen-bond acceptors (Lipinski definition) is 4. The van der Waals surface area contributed by atoms with Gasteiger partial charge in [-0.25, -0.2) is 4.39 Å². The molecule has 1 atom stereocenters. The second kappa shape index (κ2) is 5.27. The molecule has 3 rings (SSSR count). The highest BCUT2D eigenvalue weighted by atomic mass is 35.5. The minimum atomic E-state index is -0.387. The molecule has 19 heavy (non-hydrogen) atoms. The van der Waals surface area contributed by atoms with Gasteiger partial charge in [0.2, 0.25) is 0 Å². The summed E-state index contributed by atoms with van der Waals surface area (Å²) in [4.78, 5) is 4.35. The van der Waals surface area contributed by atoms with Crippen LogP contribution in [0.5, 0.6) is 0 Å². The third-order valence-corrected chi connectivity index (χ3v) is 3.54. The molecular formula is C13H13ClFN3O. The molecule has 0 aliphatic carbocycles. The summed E-state index contributed by atoms with van der Waals surface area (Å²) in [6.07, 6.45) is 3.32. The zero-order valence-electron chi connectivity index (χ0n) is 10.2. The number of halogens is 2. The molecule has 1 aliphatic heterocycles. The van der Waals surface area contributed by atoms with E-state index < -0.39 is 0 Å². The first-order valence-electron chi connectivity index (χ1n) is 6.26. The molecule has 2 heterocycles. The van der Waals surface area contributed by atoms with Gasteiger partial charge in [0.05, 0.1) is 16.6 Å². The van der Waals surface area contributed by atoms with Crippen molar-refractivity contribution in [1.29, 1.82) is 0 Å². The topological polar surface area (TPSA) is 51.0 Å². The number of rotatable bonds is 2. The Morgan fingerprint density at radius 3 is 3.00 bits per heavy atom. The fourth-order valence-electron chi connectivity index (χ4n) is 2.22. The van der Waals surface area contributed by atoms with Crippen molar-refractivity contribution in [2.24, 2.45) is 0 Å². The summed E-state index contributed by atoms with van der Waals surface area (Å²) in [6, 6.07) is 4.23. The van der Waals surface area contributed by atoms with Crippen molar-refractivity contribution in [2.75, 3.05) is 6.54 Å². The van der Waals surface area contributed by atoms with Gasteiger partial charge < -0.3 is 9.84 Å². The molecule has 0 amide bonds. The van der Waals surface area contributed by atoms with Crippen molar-refractivity contribution in [3.63, 3.8) is 0 Å². The minimum absolute atomic E-state index is 0.130. The molecule has 1 aromatic carbocycles. The van der Waals surface area contributed by atoms with Crippen molar-refractivity contribution >= 4 is 11.6 Å². The molecule has 0 bridgehead atoms. The standard InChI is InChI=1S/C13H13ClFN3O/c14-10-7-8(15)4-5-9(10)13-17-12(18-19-13)11-3-1-2-6-16-11/h4-5,7,11,16H,1-3,6H2. The maximum absolute atomic E-state index is 13.0. The van der Waals surface area contributed by atoms with Gasteiger partial charge in [-0.2, -0.15) is 4.98 Å². The van der Waals surface area contributed by atoms with Crippen molar-refractivity contribution < 1.29 is 8.91 Å². The molecule has 1 N–H and O–H groups in total. The Morgan fingerprint density at radius 2 is 2.26 bits per heavy atom. The van der Waals surface area contributed by atoms with Crippen LogP contribution in [0.3, 0.4) is 0 Å². The van der Waals surface area contributed by atoms with Crippen LogP contribution in [0.15, 0.2) is 22.7 Å². The molecule has 0 spiro atoms. The van der Waals surface area contributed by atoms with Crippen molar-refractivity contribution in [3.8, 4) is 11.5 Å². The van der Waals surface area contributed by atoms with Gasteiger partial charge in [-0.3, -0.25) is 0 Å². The van der Waals surface area contributed by atoms with E-state index in [9.17, 15) is 4.39 Å². The molecule has 0 radical (unpaired) electrons. The van der Waals surface area contributed by atoms with Crippen LogP contribution in [-0.4, -0.2) is 16.7 Å². The Hall–Kier alpha value is -1.46. The van der Waals surface area contributed by atoms with Gasteiger partial charge in [-0.05, 0) is 37.6 Å². The van der Waals surface area contributed by atoms with Crippen LogP contribution < -0.4 is 5.32 Å². The molecule has 0 saturated carbocycles. The van der Waals surface area contributed by atoms with E-state index >= 15 is 0 Å². The zero-order chi connectivity index (χ0) is 13.2. The van der Waals surface area contributed by atoms with E-state index in [1.54, 1.807) is 6.07 Å². The largest absolute Gasteiger partial charge is 0.334 e. The summed E-state index contributed by atoms with van der Waals surface area (Å²) in [5.74, 6) is 0.574. The van der Waals surface area contributed by atoms with Gasteiger partial charge in [0.1, 0.15) is 5.82 Å². The molecular weight excluding hydrogens is 269 g/mol. The summed E-state index contributed by atoms with van der Waals surface area (Å²) in [6.45, 7) is 0.964. The summed E-state index contributed by atoms with van der Waals surface area (Å²) in [5, 5.41) is 7.59. The van der Waals surface area contributed by atoms with E-state index in [1.165, 1.54) is 18.6 Å². The first-order valence-corrected chi connectivity index (χ1v) is 6.64. The second-order valence-corrected chi connectivity index (χ2v) is 4.99. The number of piperidine rings is 1. The zero-order valence-corrected chi connectivity index (χ0v) is 11.0. The van der Waals surface area contributed by atoms with E-state index in [1.807, 2.05) is 0 Å². The Bertz CT molecular complexity index is 581. The smallest absolute Gasteiger partial charge is 0.259 e. The fraction of sp³-hybridized carbons (Fsp3) is 0.385. The number of nitrogens with one attached hydrogen (secondary N) is 1. The van der Waals surface area contributed by atoms with Gasteiger partial charge in [-0.15, -0.1) is 0 Å². The van der Waals surface area contributed by atoms with Gasteiger partial charge in [0, 0.05) is 0 Å². The molecule has 100 valence electrons. The lowest BCUT2D eigenvalue weighted by atomic mass is 10.0. The van der Waals surface area contributed by atoms with Gasteiger partial charge in [0.25, 0.3) is 5.89 Å². The number of hydrogen-bond donors (Lipinski definition) is 1. The molecule has 1 aromatic heterocycles. The fourth-order valence-corrected chi connectivity index (χ4v) is 2.47. The Kier molecular flexibility index (Phi) is 3.48. The summed E-state index contributed by atoms with van der Waals surface area (Å²) in [5.41, 5.74) is 0.553. The van der Waals surface area contributed by atoms with Crippen LogP contribution in [0.4, 0.5) is 4.39 Å². The van der Waals surface area contributed by atoms with Crippen LogP contribution >= 0.6 is 11.6 Å². The summed E-state index contributed by atoms with van der Waals surface area (Å²) < 4.78 is 18.2. The van der Waals surface area contributed by atoms with E-state index in [4.69, 9.17) is 16.1 Å². The predicted octanol–water partition coefficient (Wildman–Crippen LogP) is 3.34. The Labute approximate surface area is 115 Å². The van der Waals surface area contributed by atoms with Crippen LogP contribution in [0, 0.1) is 5.82 Å². The minimum Gasteiger partial charge on any atom is -0.334 e. The first kappa shape index (κ1) is 12.6. The molecule has 1 aliphatic rings. The van der Waals surface area contributed by atoms with Crippen LogP contribution in [0.1, 0.15) is 31.1 Å². The van der Waals surface area contributed by atoms with Gasteiger partial charge in [0.15, 0.2) is 5.82 Å². The van der Waals surface area contributed by atoms with E-state index in [0.29, 0.717) is 17.3 Å². The van der Waals surface area contributed by atoms with Crippen LogP contribution in [0.25, 0.3) is 11.5 Å². The van der Waals surface area contributed by atoms with Crippen LogP contribution in [0.2, 0.25) is 5.02 Å². The van der Waals surface area contributed by atoms with Gasteiger partial charge >= 0.3 is 0 Å². The lowest BCUT2D eigenvalue weighted by molar-refractivity contribution is 0.367. The highest BCUT2D eigenvalue weighted by Gasteiger charge is 2.21. The SMILES string of the molecule is Fc1ccc(-c2nc(C3CCCCN3)no2)c(Cl)c1. The lowest BCUT2D eigenvalue weighted by Crippen LogP contribution is -2.27. The molecule has 1 fully saturated rings. The third-order valence-electron chi connectivity index (χ3n) is 3.23. The number of benzene rings is 1. The maximum Gasteiger partial charge on any atom is 0.259 e. The molecule has 1 saturated heterocycles. The lowest BCUT2D eigenvalue weighted by Gasteiger charge is -2.19. The van der Waals surface area contributed by atoms with E-state index in [-0.39, 0.29) is 16.9 Å². The van der Waals surface area contributed by atoms with Crippen molar-refractivity contribution in [1.82, 2.24) is 15.5 Å². The summed E-state index contributed by atoms with van der Waals surface area (Å²) in [7, 11) is 0. The third kappa shape index (κ3) is 2.62. The average Bonchev–Trinajstić information content (AvgIpc) is 2.89. The molecule has 4 nitrogen and oxygen atoms in total. The van der Waals surface area contributed by atoms with E-state index in [2.05, 4.69) is 15.5 Å². The molecule has 6 heteroatoms. The van der Waals surface area contributed by atoms with Crippen molar-refractivity contribution in [3.05, 3.63) is 34.9 Å². The monoisotopic (exact) mass is 281 g/mol. The molecule has 1 unspecified atom stereocenters. The number of aromatic nitrogens is 2. The van der Waals surface area contributed by atoms with Crippen molar-refractivity contribution in [2.45, 2.75) is 25.3 Å². The number of nitrogens with zero attached hydrogens (tertiary/aromatic N) is 2. The first-order chi connectivity index (χ1) is 9.24. The maximum atomic E-state index is 13.0. The quantitative estimate of drug-likeness (QED) is 0.917. The average molecular weight is 282 g/mol. The summed E-state index contributed by atoms with van der Waals surface area (Å²) >= 11 is 5.98. The van der Waals surface area contributed by atoms with Crippen LogP contribution in [-0.2, 0) is 0 Å². The highest BCUT2D eigenvalue weighted by molar-refractivity contribution is 6.33. The Balaban J connectivity index is 1.87. The van der Waals surface area contributed by atoms with E-state index in [0.717, 1.165) is 19.4 Å². The Morgan fingerprint density at radius 1 is 1.37 bits per heavy atom.